The minimum atomic E-state index is -0.106. The fourth-order valence-electron chi connectivity index (χ4n) is 2.03. The Bertz CT molecular complexity index is 542. The zero-order chi connectivity index (χ0) is 14.4. The first-order valence-electron chi connectivity index (χ1n) is 6.65. The number of hydrogen-bond donors (Lipinski definition) is 1. The van der Waals surface area contributed by atoms with E-state index >= 15 is 0 Å². The second kappa shape index (κ2) is 6.82. The second-order valence-corrected chi connectivity index (χ2v) is 4.71. The molecule has 1 atom stereocenters. The van der Waals surface area contributed by atoms with Crippen LogP contribution < -0.4 is 10.6 Å². The molecule has 0 fully saturated rings. The lowest BCUT2D eigenvalue weighted by Gasteiger charge is -2.18. The predicted octanol–water partition coefficient (Wildman–Crippen LogP) is 2.52. The molecule has 2 rings (SSSR count). The van der Waals surface area contributed by atoms with Crippen molar-refractivity contribution in [3.63, 3.8) is 0 Å². The highest BCUT2D eigenvalue weighted by atomic mass is 16.2. The lowest BCUT2D eigenvalue weighted by Crippen LogP contribution is -2.27. The van der Waals surface area contributed by atoms with Gasteiger partial charge in [-0.25, -0.2) is 0 Å². The summed E-state index contributed by atoms with van der Waals surface area (Å²) in [5, 5.41) is 0. The van der Waals surface area contributed by atoms with E-state index in [0.29, 0.717) is 12.8 Å². The molecule has 4 heteroatoms. The van der Waals surface area contributed by atoms with E-state index in [1.54, 1.807) is 24.3 Å². The van der Waals surface area contributed by atoms with Crippen molar-refractivity contribution >= 4 is 11.6 Å². The van der Waals surface area contributed by atoms with Gasteiger partial charge < -0.3 is 10.6 Å². The number of anilines is 1. The molecule has 0 saturated heterocycles. The number of nitrogens with zero attached hydrogens (tertiary/aromatic N) is 2. The highest BCUT2D eigenvalue weighted by molar-refractivity contribution is 5.92. The van der Waals surface area contributed by atoms with Crippen molar-refractivity contribution in [2.24, 2.45) is 5.73 Å². The molecule has 2 aromatic rings. The number of hydrogen-bond acceptors (Lipinski definition) is 3. The van der Waals surface area contributed by atoms with Gasteiger partial charge in [0.05, 0.1) is 0 Å². The van der Waals surface area contributed by atoms with Gasteiger partial charge in [-0.1, -0.05) is 30.3 Å². The lowest BCUT2D eigenvalue weighted by molar-refractivity contribution is -0.118. The van der Waals surface area contributed by atoms with Crippen molar-refractivity contribution < 1.29 is 4.79 Å². The summed E-state index contributed by atoms with van der Waals surface area (Å²) in [7, 11) is 1.77. The normalized spacial score (nSPS) is 11.9. The monoisotopic (exact) mass is 269 g/mol. The van der Waals surface area contributed by atoms with E-state index in [9.17, 15) is 4.79 Å². The van der Waals surface area contributed by atoms with Gasteiger partial charge in [-0.2, -0.15) is 0 Å². The SMILES string of the molecule is CN(C(=O)CCC(N)c1ccccc1)c1ccncc1. The van der Waals surface area contributed by atoms with Crippen LogP contribution in [0.3, 0.4) is 0 Å². The molecule has 1 unspecified atom stereocenters. The Hall–Kier alpha value is -2.20. The molecule has 4 nitrogen and oxygen atoms in total. The average molecular weight is 269 g/mol. The fourth-order valence-corrected chi connectivity index (χ4v) is 2.03. The molecule has 0 spiro atoms. The molecule has 0 saturated carbocycles. The van der Waals surface area contributed by atoms with Crippen molar-refractivity contribution in [1.82, 2.24) is 4.98 Å². The number of benzene rings is 1. The van der Waals surface area contributed by atoms with Gasteiger partial charge in [0.25, 0.3) is 0 Å². The van der Waals surface area contributed by atoms with E-state index in [4.69, 9.17) is 5.73 Å². The number of rotatable bonds is 5. The molecule has 2 N–H and O–H groups in total. The number of carbonyl (C=O) groups is 1. The van der Waals surface area contributed by atoms with Gasteiger partial charge in [-0.15, -0.1) is 0 Å². The number of nitrogens with two attached hydrogens (primary N) is 1. The Morgan fingerprint density at radius 2 is 1.85 bits per heavy atom. The molecular weight excluding hydrogens is 250 g/mol. The van der Waals surface area contributed by atoms with Gasteiger partial charge in [0.15, 0.2) is 0 Å². The summed E-state index contributed by atoms with van der Waals surface area (Å²) in [6.45, 7) is 0. The largest absolute Gasteiger partial charge is 0.324 e. The van der Waals surface area contributed by atoms with E-state index in [-0.39, 0.29) is 11.9 Å². The molecular formula is C16H19N3O. The topological polar surface area (TPSA) is 59.2 Å². The van der Waals surface area contributed by atoms with Crippen molar-refractivity contribution in [1.29, 1.82) is 0 Å². The third-order valence-electron chi connectivity index (χ3n) is 3.32. The van der Waals surface area contributed by atoms with Gasteiger partial charge in [0.1, 0.15) is 0 Å². The standard InChI is InChI=1S/C16H19N3O/c1-19(14-9-11-18-12-10-14)16(20)8-7-15(17)13-5-3-2-4-6-13/h2-6,9-12,15H,7-8,17H2,1H3. The molecule has 104 valence electrons. The summed E-state index contributed by atoms with van der Waals surface area (Å²) in [6, 6.07) is 13.4. The van der Waals surface area contributed by atoms with Crippen LogP contribution in [0.1, 0.15) is 24.4 Å². The highest BCUT2D eigenvalue weighted by Crippen LogP contribution is 2.17. The molecule has 20 heavy (non-hydrogen) atoms. The zero-order valence-corrected chi connectivity index (χ0v) is 11.6. The molecule has 1 heterocycles. The van der Waals surface area contributed by atoms with Crippen LogP contribution in [0, 0.1) is 0 Å². The van der Waals surface area contributed by atoms with Crippen molar-refractivity contribution in [2.45, 2.75) is 18.9 Å². The summed E-state index contributed by atoms with van der Waals surface area (Å²) in [5.41, 5.74) is 8.01. The predicted molar refractivity (Wildman–Crippen MR) is 80.3 cm³/mol. The maximum atomic E-state index is 12.1. The van der Waals surface area contributed by atoms with E-state index < -0.39 is 0 Å². The Morgan fingerprint density at radius 1 is 1.20 bits per heavy atom. The van der Waals surface area contributed by atoms with Crippen LogP contribution in [0.2, 0.25) is 0 Å². The van der Waals surface area contributed by atoms with Crippen molar-refractivity contribution in [3.05, 3.63) is 60.4 Å². The zero-order valence-electron chi connectivity index (χ0n) is 11.6. The smallest absolute Gasteiger partial charge is 0.226 e. The van der Waals surface area contributed by atoms with E-state index in [1.807, 2.05) is 42.5 Å². The maximum absolute atomic E-state index is 12.1. The minimum absolute atomic E-state index is 0.0579. The fraction of sp³-hybridized carbons (Fsp3) is 0.250. The van der Waals surface area contributed by atoms with Crippen LogP contribution in [0.25, 0.3) is 0 Å². The van der Waals surface area contributed by atoms with E-state index in [2.05, 4.69) is 4.98 Å². The first-order chi connectivity index (χ1) is 9.68. The summed E-state index contributed by atoms with van der Waals surface area (Å²) >= 11 is 0. The molecule has 1 aromatic carbocycles. The lowest BCUT2D eigenvalue weighted by atomic mass is 10.0. The number of aromatic nitrogens is 1. The van der Waals surface area contributed by atoms with Crippen LogP contribution in [0.15, 0.2) is 54.9 Å². The Kier molecular flexibility index (Phi) is 4.85. The Balaban J connectivity index is 1.89. The number of pyridine rings is 1. The van der Waals surface area contributed by atoms with Gasteiger partial charge in [0.2, 0.25) is 5.91 Å². The molecule has 1 amide bonds. The van der Waals surface area contributed by atoms with Gasteiger partial charge in [-0.05, 0) is 24.1 Å². The van der Waals surface area contributed by atoms with Gasteiger partial charge >= 0.3 is 0 Å². The van der Waals surface area contributed by atoms with Crippen LogP contribution in [0.4, 0.5) is 5.69 Å². The molecule has 0 aliphatic heterocycles. The first kappa shape index (κ1) is 14.2. The van der Waals surface area contributed by atoms with Gasteiger partial charge in [-0.3, -0.25) is 9.78 Å². The quantitative estimate of drug-likeness (QED) is 0.907. The third-order valence-corrected chi connectivity index (χ3v) is 3.32. The van der Waals surface area contributed by atoms with Crippen LogP contribution in [-0.2, 0) is 4.79 Å². The summed E-state index contributed by atoms with van der Waals surface area (Å²) in [5.74, 6) is 0.0579. The Labute approximate surface area is 119 Å². The molecule has 0 bridgehead atoms. The molecule has 0 aliphatic carbocycles. The van der Waals surface area contributed by atoms with Crippen LogP contribution in [0.5, 0.6) is 0 Å². The summed E-state index contributed by atoms with van der Waals surface area (Å²) < 4.78 is 0. The van der Waals surface area contributed by atoms with E-state index in [1.165, 1.54) is 0 Å². The maximum Gasteiger partial charge on any atom is 0.226 e. The Morgan fingerprint density at radius 3 is 2.50 bits per heavy atom. The molecule has 0 radical (unpaired) electrons. The number of carbonyl (C=O) groups excluding carboxylic acids is 1. The first-order valence-corrected chi connectivity index (χ1v) is 6.65. The van der Waals surface area contributed by atoms with Crippen LogP contribution >= 0.6 is 0 Å². The van der Waals surface area contributed by atoms with Gasteiger partial charge in [0, 0.05) is 37.6 Å². The summed E-state index contributed by atoms with van der Waals surface area (Å²) in [6.07, 6.45) is 4.41. The highest BCUT2D eigenvalue weighted by Gasteiger charge is 2.13. The van der Waals surface area contributed by atoms with Crippen molar-refractivity contribution in [3.8, 4) is 0 Å². The minimum Gasteiger partial charge on any atom is -0.324 e. The van der Waals surface area contributed by atoms with Crippen LogP contribution in [-0.4, -0.2) is 17.9 Å². The average Bonchev–Trinajstić information content (AvgIpc) is 2.53. The summed E-state index contributed by atoms with van der Waals surface area (Å²) in [4.78, 5) is 17.7. The van der Waals surface area contributed by atoms with Crippen molar-refractivity contribution in [2.75, 3.05) is 11.9 Å². The molecule has 1 aromatic heterocycles. The second-order valence-electron chi connectivity index (χ2n) is 4.71. The molecule has 0 aliphatic rings. The third kappa shape index (κ3) is 3.65. The van der Waals surface area contributed by atoms with E-state index in [0.717, 1.165) is 11.3 Å². The number of amides is 1.